The van der Waals surface area contributed by atoms with Gasteiger partial charge in [0, 0.05) is 4.11 Å². The van der Waals surface area contributed by atoms with Crippen LogP contribution in [0, 0.1) is 133 Å². The van der Waals surface area contributed by atoms with E-state index in [0.29, 0.717) is 43.3 Å². The van der Waals surface area contributed by atoms with Crippen LogP contribution >= 0.6 is 0 Å². The first-order valence-corrected chi connectivity index (χ1v) is 39.3. The molecule has 90 heavy (non-hydrogen) atoms. The van der Waals surface area contributed by atoms with E-state index in [9.17, 15) is 0 Å². The fourth-order valence-corrected chi connectivity index (χ4v) is 20.5. The fraction of sp³-hybridized carbons (Fsp3) is 0.933. The van der Waals surface area contributed by atoms with Crippen LogP contribution in [0.3, 0.4) is 0 Å². The first kappa shape index (κ1) is 79.9. The summed E-state index contributed by atoms with van der Waals surface area (Å²) in [5.41, 5.74) is 9.29. The van der Waals surface area contributed by atoms with E-state index in [1.54, 1.807) is 5.56 Å². The van der Waals surface area contributed by atoms with Crippen LogP contribution in [-0.2, 0) is 0 Å². The smallest absolute Gasteiger partial charge is 0.0311 e. The molecular formula is C90H172. The molecule has 0 unspecified atom stereocenters. The van der Waals surface area contributed by atoms with Crippen LogP contribution in [0.5, 0.6) is 0 Å². The lowest BCUT2D eigenvalue weighted by atomic mass is 9.51. The van der Waals surface area contributed by atoms with E-state index in [2.05, 4.69) is 254 Å². The van der Waals surface area contributed by atoms with Crippen molar-refractivity contribution in [1.82, 2.24) is 0 Å². The number of hydrogen-bond donors (Lipinski definition) is 0. The van der Waals surface area contributed by atoms with E-state index in [4.69, 9.17) is 4.11 Å². The van der Waals surface area contributed by atoms with Gasteiger partial charge in [-0.3, -0.25) is 0 Å². The van der Waals surface area contributed by atoms with Gasteiger partial charge in [-0.2, -0.15) is 0 Å². The Labute approximate surface area is 575 Å². The molecule has 0 bridgehead atoms. The minimum atomic E-state index is -0.324. The third-order valence-corrected chi connectivity index (χ3v) is 26.1. The van der Waals surface area contributed by atoms with Crippen molar-refractivity contribution >= 4 is 0 Å². The summed E-state index contributed by atoms with van der Waals surface area (Å²) < 4.78 is 24.8. The minimum absolute atomic E-state index is 0.109. The molecule has 0 saturated heterocycles. The van der Waals surface area contributed by atoms with Crippen molar-refractivity contribution in [2.75, 3.05) is 0 Å². The second kappa shape index (κ2) is 35.1. The summed E-state index contributed by atoms with van der Waals surface area (Å²) in [6.45, 7) is 79.2. The maximum atomic E-state index is 8.61. The van der Waals surface area contributed by atoms with Crippen LogP contribution in [0.4, 0.5) is 0 Å². The molecule has 0 aromatic heterocycles. The van der Waals surface area contributed by atoms with E-state index in [-0.39, 0.29) is 33.9 Å². The number of rotatable bonds is 9. The lowest BCUT2D eigenvalue weighted by Crippen LogP contribution is -2.45. The Kier molecular flexibility index (Phi) is 31.2. The summed E-state index contributed by atoms with van der Waals surface area (Å²) in [5.74, 6) is 6.28. The molecule has 7 aliphatic carbocycles. The maximum Gasteiger partial charge on any atom is 0.0311 e. The van der Waals surface area contributed by atoms with Gasteiger partial charge in [0.15, 0.2) is 0 Å². The molecule has 0 spiro atoms. The van der Waals surface area contributed by atoms with E-state index in [0.717, 1.165) is 79.4 Å². The highest BCUT2D eigenvalue weighted by atomic mass is 14.5. The highest BCUT2D eigenvalue weighted by Gasteiger charge is 2.49. The average Bonchev–Trinajstić information content (AvgIpc) is 0.753. The Bertz CT molecular complexity index is 2190. The zero-order valence-corrected chi connectivity index (χ0v) is 68.6. The summed E-state index contributed by atoms with van der Waals surface area (Å²) in [4.78, 5) is 0. The second-order valence-corrected chi connectivity index (χ2v) is 41.9. The van der Waals surface area contributed by atoms with E-state index in [1.807, 2.05) is 0 Å². The lowest BCUT2D eigenvalue weighted by Gasteiger charge is -2.54. The van der Waals surface area contributed by atoms with Gasteiger partial charge in [0.2, 0.25) is 0 Å². The normalized spacial score (nSPS) is 29.3. The molecule has 2 atom stereocenters. The summed E-state index contributed by atoms with van der Waals surface area (Å²) in [6, 6.07) is 7.02. The predicted octanol–water partition coefficient (Wildman–Crippen LogP) is 31.0. The SMILES string of the molecule is CC(C)CC1(CC(C)C)CCC(C)CC1.CC1C(C)(C)CC(C)(C)CC1(C)C.C[C@@H]1CCCCC1(C)C.Cc1ccc(C2CCC(C)(C)CC2)cc1C.[2H]C1(C)C(C)(C)CC(C)(C)CC1(C)C.[2H]C1(C)CCC(CC(C)C)(CC(C)C)CC1.[2H][C@]1(C)CCCCC1(C)C. The lowest BCUT2D eigenvalue weighted by molar-refractivity contribution is -0.0427. The first-order chi connectivity index (χ1) is 41.7. The Balaban J connectivity index is 0.000000372. The second-order valence-electron chi connectivity index (χ2n) is 41.9. The van der Waals surface area contributed by atoms with Crippen LogP contribution in [-0.4, -0.2) is 0 Å². The van der Waals surface area contributed by atoms with Crippen LogP contribution in [0.25, 0.3) is 0 Å². The highest BCUT2D eigenvalue weighted by molar-refractivity contribution is 5.32. The Morgan fingerprint density at radius 3 is 1.07 bits per heavy atom. The van der Waals surface area contributed by atoms with Crippen molar-refractivity contribution in [3.8, 4) is 0 Å². The molecule has 0 nitrogen and oxygen atoms in total. The topological polar surface area (TPSA) is 0 Å². The summed E-state index contributed by atoms with van der Waals surface area (Å²) >= 11 is 0. The van der Waals surface area contributed by atoms with Gasteiger partial charge in [-0.25, -0.2) is 0 Å². The number of benzene rings is 1. The van der Waals surface area contributed by atoms with E-state index < -0.39 is 0 Å². The van der Waals surface area contributed by atoms with Gasteiger partial charge in [-0.15, -0.1) is 0 Å². The van der Waals surface area contributed by atoms with Gasteiger partial charge < -0.3 is 0 Å². The largest absolute Gasteiger partial charge is 0.0628 e. The first-order valence-electron chi connectivity index (χ1n) is 40.8. The molecule has 532 valence electrons. The molecule has 0 heteroatoms. The Hall–Kier alpha value is -0.780. The molecule has 7 aliphatic rings. The van der Waals surface area contributed by atoms with Crippen molar-refractivity contribution in [3.05, 3.63) is 34.9 Å². The van der Waals surface area contributed by atoms with E-state index in [1.165, 1.54) is 159 Å². The third kappa shape index (κ3) is 29.5. The van der Waals surface area contributed by atoms with Crippen molar-refractivity contribution < 1.29 is 4.11 Å². The van der Waals surface area contributed by atoms with Gasteiger partial charge in [0.1, 0.15) is 0 Å². The third-order valence-electron chi connectivity index (χ3n) is 26.1. The predicted molar refractivity (Wildman–Crippen MR) is 411 cm³/mol. The standard InChI is InChI=1S/C16H24.2C15H30.2C13H26.2C9H18/c1-12-5-6-15(11-13(12)2)14-7-9-16(3,4)10-8-14;2*1-12(2)10-15(11-13(3)4)8-6-14(5)7-9-15;2*1-10-12(4,5)8-11(2,3)9-13(10,6)7;2*1-8-6-4-5-7-9(8,2)3/h5-6,11,14H,7-10H2,1-4H3;2*12-14H,6-11H2,1-5H3;2*10H,8-9H2,1-7H3;2*8H,4-7H2,1-3H3/t;;;;;2*8-/m.....10/s1/i;14D;;10D;;;8D. The molecular weight excluding hydrogens is 1080 g/mol. The van der Waals surface area contributed by atoms with Gasteiger partial charge in [-0.05, 0) is 271 Å². The summed E-state index contributed by atoms with van der Waals surface area (Å²) in [5, 5.41) is 0. The Morgan fingerprint density at radius 2 is 0.744 bits per heavy atom. The maximum absolute atomic E-state index is 8.61. The number of aryl methyl sites for hydroxylation is 2. The molecule has 8 rings (SSSR count). The van der Waals surface area contributed by atoms with Gasteiger partial charge in [-0.1, -0.05) is 304 Å². The zero-order chi connectivity index (χ0) is 72.3. The molecule has 0 N–H and O–H groups in total. The zero-order valence-electron chi connectivity index (χ0n) is 71.6. The molecule has 0 radical (unpaired) electrons. The Morgan fingerprint density at radius 1 is 0.378 bits per heavy atom. The minimum Gasteiger partial charge on any atom is -0.0628 e. The van der Waals surface area contributed by atoms with E-state index >= 15 is 0 Å². The molecule has 7 fully saturated rings. The van der Waals surface area contributed by atoms with Gasteiger partial charge in [0.05, 0.1) is 0 Å². The van der Waals surface area contributed by atoms with Crippen LogP contribution < -0.4 is 0 Å². The molecule has 1 aromatic rings. The monoisotopic (exact) mass is 1260 g/mol. The van der Waals surface area contributed by atoms with Crippen molar-refractivity contribution in [3.63, 3.8) is 0 Å². The highest BCUT2D eigenvalue weighted by Crippen LogP contribution is 2.59. The molecule has 0 aliphatic heterocycles. The van der Waals surface area contributed by atoms with Crippen molar-refractivity contribution in [2.45, 2.75) is 421 Å². The summed E-state index contributed by atoms with van der Waals surface area (Å²) in [7, 11) is 0. The number of hydrogen-bond acceptors (Lipinski definition) is 0. The molecule has 1 aromatic carbocycles. The quantitative estimate of drug-likeness (QED) is 0.231. The molecule has 7 saturated carbocycles. The average molecular weight is 1260 g/mol. The van der Waals surface area contributed by atoms with Crippen LogP contribution in [0.1, 0.15) is 428 Å². The van der Waals surface area contributed by atoms with Crippen LogP contribution in [0.2, 0.25) is 0 Å². The fourth-order valence-electron chi connectivity index (χ4n) is 20.5. The van der Waals surface area contributed by atoms with Gasteiger partial charge in [0.25, 0.3) is 0 Å². The van der Waals surface area contributed by atoms with Crippen LogP contribution in [0.15, 0.2) is 18.2 Å². The summed E-state index contributed by atoms with van der Waals surface area (Å²) in [6.07, 6.45) is 37.6. The van der Waals surface area contributed by atoms with Gasteiger partial charge >= 0.3 is 0 Å². The molecule has 0 heterocycles. The van der Waals surface area contributed by atoms with Crippen molar-refractivity contribution in [1.29, 1.82) is 0 Å². The van der Waals surface area contributed by atoms with Crippen molar-refractivity contribution in [2.24, 2.45) is 119 Å². The molecule has 0 amide bonds.